The van der Waals surface area contributed by atoms with E-state index in [0.29, 0.717) is 0 Å². The molecule has 0 aromatic carbocycles. The van der Waals surface area contributed by atoms with Crippen molar-refractivity contribution >= 4 is 8.32 Å². The topological polar surface area (TPSA) is 9.23 Å². The molecule has 0 saturated heterocycles. The van der Waals surface area contributed by atoms with Crippen molar-refractivity contribution in [2.24, 2.45) is 0 Å². The van der Waals surface area contributed by atoms with Crippen LogP contribution in [0.5, 0.6) is 0 Å². The molecule has 0 spiro atoms. The molecule has 1 aliphatic carbocycles. The smallest absolute Gasteiger partial charge is 1.00 e. The zero-order chi connectivity index (χ0) is 9.73. The van der Waals surface area contributed by atoms with Crippen LogP contribution in [0.3, 0.4) is 0 Å². The molecule has 0 saturated carbocycles. The van der Waals surface area contributed by atoms with E-state index < -0.39 is 8.32 Å². The summed E-state index contributed by atoms with van der Waals surface area (Å²) in [4.78, 5) is 0. The summed E-state index contributed by atoms with van der Waals surface area (Å²) < 4.78 is 5.94. The third kappa shape index (κ3) is 7.31. The van der Waals surface area contributed by atoms with E-state index in [2.05, 4.69) is 38.2 Å². The molecule has 0 bridgehead atoms. The van der Waals surface area contributed by atoms with Gasteiger partial charge in [-0.05, 0) is 19.5 Å². The summed E-state index contributed by atoms with van der Waals surface area (Å²) in [6.07, 6.45) is 11.1. The summed E-state index contributed by atoms with van der Waals surface area (Å²) in [5.41, 5.74) is 0. The normalized spacial score (nSPS) is 13.3. The van der Waals surface area contributed by atoms with Gasteiger partial charge in [0.2, 0.25) is 0 Å². The minimum Gasteiger partial charge on any atom is -1.00 e. The average Bonchev–Trinajstić information content (AvgIpc) is 2.56. The van der Waals surface area contributed by atoms with E-state index in [0.717, 1.165) is 13.0 Å². The van der Waals surface area contributed by atoms with E-state index in [-0.39, 0.29) is 46.5 Å². The van der Waals surface area contributed by atoms with E-state index in [1.807, 2.05) is 0 Å². The largest absolute Gasteiger partial charge is 3.00 e. The van der Waals surface area contributed by atoms with Crippen LogP contribution in [0.15, 0.2) is 17.3 Å². The maximum atomic E-state index is 5.94. The van der Waals surface area contributed by atoms with Crippen molar-refractivity contribution in [3.8, 4) is 0 Å². The summed E-state index contributed by atoms with van der Waals surface area (Å²) in [6.45, 7) is 7.61. The summed E-state index contributed by atoms with van der Waals surface area (Å²) in [6, 6.07) is 0. The minimum atomic E-state index is -1.59. The Bertz CT molecular complexity index is 230. The van der Waals surface area contributed by atoms with Crippen molar-refractivity contribution in [1.82, 2.24) is 0 Å². The molecule has 0 aromatic rings. The molecule has 1 rings (SSSR count). The van der Waals surface area contributed by atoms with Crippen molar-refractivity contribution in [1.29, 1.82) is 0 Å². The van der Waals surface area contributed by atoms with Crippen LogP contribution in [0.4, 0.5) is 0 Å². The molecular weight excluding hydrogens is 295 g/mol. The predicted octanol–water partition coefficient (Wildman–Crippen LogP) is -2.76. The minimum absolute atomic E-state index is 0. The number of hydrogen-bond acceptors (Lipinski definition) is 1. The monoisotopic (exact) mass is 313 g/mol. The van der Waals surface area contributed by atoms with Crippen LogP contribution in [0, 0.1) is 6.08 Å². The van der Waals surface area contributed by atoms with Crippen molar-refractivity contribution in [3.63, 3.8) is 0 Å². The van der Waals surface area contributed by atoms with Gasteiger partial charge in [0.15, 0.2) is 8.32 Å². The zero-order valence-electron chi connectivity index (χ0n) is 10.1. The molecular formula is C11H19Cl2OSiTi. The molecule has 5 heteroatoms. The Morgan fingerprint density at radius 3 is 2.44 bits per heavy atom. The Hall–Kier alpha value is 0.951. The number of unbranched alkanes of at least 4 members (excludes halogenated alkanes) is 1. The van der Waals surface area contributed by atoms with Gasteiger partial charge >= 0.3 is 21.7 Å². The first-order valence-electron chi connectivity index (χ1n) is 5.08. The zero-order valence-corrected chi connectivity index (χ0v) is 14.2. The molecule has 0 unspecified atom stereocenters. The molecule has 0 amide bonds. The fraction of sp³-hybridized carbons (Fsp3) is 0.636. The van der Waals surface area contributed by atoms with E-state index in [9.17, 15) is 0 Å². The van der Waals surface area contributed by atoms with Gasteiger partial charge in [-0.15, -0.1) is 6.42 Å². The molecule has 0 N–H and O–H groups in total. The maximum absolute atomic E-state index is 5.94. The van der Waals surface area contributed by atoms with E-state index >= 15 is 0 Å². The van der Waals surface area contributed by atoms with Gasteiger partial charge in [-0.1, -0.05) is 13.3 Å². The Morgan fingerprint density at radius 2 is 2.00 bits per heavy atom. The first kappa shape index (κ1) is 22.2. The van der Waals surface area contributed by atoms with Crippen LogP contribution < -0.4 is 24.8 Å². The maximum Gasteiger partial charge on any atom is 3.00 e. The van der Waals surface area contributed by atoms with Gasteiger partial charge in [0.1, 0.15) is 0 Å². The molecule has 1 aliphatic rings. The van der Waals surface area contributed by atoms with Gasteiger partial charge in [-0.3, -0.25) is 6.08 Å². The van der Waals surface area contributed by atoms with Crippen molar-refractivity contribution in [2.75, 3.05) is 6.61 Å². The summed E-state index contributed by atoms with van der Waals surface area (Å²) in [5.74, 6) is 0. The standard InChI is InChI=1S/C11H19OSi.2ClH.Ti/c1-4-5-10-12-13(2,3)11-8-6-7-9-11;;;/h6,8H,4-5,7,10H2,1-3H3;2*1H;/q-1;;;+3/p-2. The van der Waals surface area contributed by atoms with Crippen molar-refractivity contribution in [2.45, 2.75) is 39.3 Å². The van der Waals surface area contributed by atoms with Crippen LogP contribution in [0.2, 0.25) is 13.1 Å². The first-order valence-corrected chi connectivity index (χ1v) is 7.99. The SMILES string of the molecule is CCCCO[Si](C)(C)C1=[C-]CC=C1.[Cl-].[Cl-].[Ti+3]. The van der Waals surface area contributed by atoms with Crippen molar-refractivity contribution < 1.29 is 51.0 Å². The second kappa shape index (κ2) is 11.1. The third-order valence-electron chi connectivity index (χ3n) is 2.30. The van der Waals surface area contributed by atoms with E-state index in [4.69, 9.17) is 4.43 Å². The summed E-state index contributed by atoms with van der Waals surface area (Å²) in [7, 11) is -1.59. The molecule has 16 heavy (non-hydrogen) atoms. The van der Waals surface area contributed by atoms with Crippen LogP contribution in [0.1, 0.15) is 26.2 Å². The van der Waals surface area contributed by atoms with Crippen molar-refractivity contribution in [3.05, 3.63) is 23.4 Å². The Balaban J connectivity index is -0.000000563. The van der Waals surface area contributed by atoms with Gasteiger partial charge in [0.05, 0.1) is 0 Å². The number of hydrogen-bond donors (Lipinski definition) is 0. The number of halogens is 2. The molecule has 0 fully saturated rings. The molecule has 0 aliphatic heterocycles. The summed E-state index contributed by atoms with van der Waals surface area (Å²) >= 11 is 0. The molecule has 0 heterocycles. The van der Waals surface area contributed by atoms with Gasteiger partial charge in [-0.2, -0.15) is 6.08 Å². The third-order valence-corrected chi connectivity index (χ3v) is 4.87. The number of rotatable bonds is 5. The van der Waals surface area contributed by atoms with Crippen LogP contribution in [-0.4, -0.2) is 14.9 Å². The van der Waals surface area contributed by atoms with Gasteiger partial charge in [-0.25, -0.2) is 11.3 Å². The molecule has 0 aromatic heterocycles. The van der Waals surface area contributed by atoms with Crippen LogP contribution in [-0.2, 0) is 26.1 Å². The summed E-state index contributed by atoms with van der Waals surface area (Å²) in [5, 5.41) is 1.34. The van der Waals surface area contributed by atoms with Gasteiger partial charge < -0.3 is 29.2 Å². The van der Waals surface area contributed by atoms with Gasteiger partial charge in [0.25, 0.3) is 0 Å². The van der Waals surface area contributed by atoms with Crippen LogP contribution in [0.25, 0.3) is 0 Å². The Kier molecular flexibility index (Phi) is 15.3. The van der Waals surface area contributed by atoms with E-state index in [1.54, 1.807) is 0 Å². The fourth-order valence-electron chi connectivity index (χ4n) is 1.37. The van der Waals surface area contributed by atoms with E-state index in [1.165, 1.54) is 18.0 Å². The molecule has 0 atom stereocenters. The number of allylic oxidation sites excluding steroid dienone is 4. The Labute approximate surface area is 128 Å². The van der Waals surface area contributed by atoms with Crippen LogP contribution >= 0.6 is 0 Å². The second-order valence-corrected chi connectivity index (χ2v) is 7.76. The predicted molar refractivity (Wildman–Crippen MR) is 58.9 cm³/mol. The average molecular weight is 314 g/mol. The molecule has 1 radical (unpaired) electrons. The van der Waals surface area contributed by atoms with Gasteiger partial charge in [0, 0.05) is 6.61 Å². The Morgan fingerprint density at radius 1 is 1.38 bits per heavy atom. The quantitative estimate of drug-likeness (QED) is 0.304. The first-order chi connectivity index (χ1) is 6.17. The molecule has 1 nitrogen and oxygen atoms in total. The fourth-order valence-corrected chi connectivity index (χ4v) is 3.22. The second-order valence-electron chi connectivity index (χ2n) is 3.91. The molecule has 91 valence electrons.